The molecule has 2 aromatic carbocycles. The molecule has 0 atom stereocenters. The van der Waals surface area contributed by atoms with E-state index in [2.05, 4.69) is 0 Å². The van der Waals surface area contributed by atoms with Gasteiger partial charge in [0.05, 0.1) is 6.61 Å². The van der Waals surface area contributed by atoms with E-state index in [1.54, 1.807) is 12.3 Å². The van der Waals surface area contributed by atoms with Gasteiger partial charge in [0.1, 0.15) is 10.6 Å². The molecule has 6 heteroatoms. The third kappa shape index (κ3) is 3.59. The highest BCUT2D eigenvalue weighted by Crippen LogP contribution is 2.40. The summed E-state index contributed by atoms with van der Waals surface area (Å²) in [5.41, 5.74) is 3.93. The number of benzene rings is 2. The number of rotatable bonds is 5. The summed E-state index contributed by atoms with van der Waals surface area (Å²) in [6.07, 6.45) is 0.334. The Morgan fingerprint density at radius 1 is 0.931 bits per heavy atom. The van der Waals surface area contributed by atoms with Gasteiger partial charge in [-0.2, -0.15) is 0 Å². The van der Waals surface area contributed by atoms with Gasteiger partial charge in [0.2, 0.25) is 11.8 Å². The number of nitrogens with zero attached hydrogens (tertiary/aromatic N) is 1. The zero-order valence-electron chi connectivity index (χ0n) is 15.9. The van der Waals surface area contributed by atoms with Crippen LogP contribution in [0.5, 0.6) is 0 Å². The average molecular weight is 405 g/mol. The van der Waals surface area contributed by atoms with Crippen molar-refractivity contribution in [2.24, 2.45) is 0 Å². The van der Waals surface area contributed by atoms with Crippen LogP contribution in [0.15, 0.2) is 60.0 Å². The molecule has 1 fully saturated rings. The molecular formula is C23H19NO4S. The summed E-state index contributed by atoms with van der Waals surface area (Å²) in [7, 11) is 0. The lowest BCUT2D eigenvalue weighted by atomic mass is 9.99. The highest BCUT2D eigenvalue weighted by Gasteiger charge is 2.36. The molecule has 0 aliphatic carbocycles. The Labute approximate surface area is 172 Å². The van der Waals surface area contributed by atoms with Crippen molar-refractivity contribution in [3.8, 4) is 22.3 Å². The van der Waals surface area contributed by atoms with Crippen LogP contribution in [-0.4, -0.2) is 24.4 Å². The molecule has 0 spiro atoms. The number of anilines is 1. The molecule has 29 heavy (non-hydrogen) atoms. The van der Waals surface area contributed by atoms with Crippen LogP contribution in [-0.2, 0) is 14.3 Å². The van der Waals surface area contributed by atoms with E-state index in [1.807, 2.05) is 54.6 Å². The zero-order chi connectivity index (χ0) is 20.4. The first-order valence-electron chi connectivity index (χ1n) is 9.40. The Morgan fingerprint density at radius 3 is 2.14 bits per heavy atom. The number of carbonyl (C=O) groups is 3. The molecule has 1 aliphatic rings. The summed E-state index contributed by atoms with van der Waals surface area (Å²) in [5.74, 6) is -1.10. The first-order valence-corrected chi connectivity index (χ1v) is 10.3. The van der Waals surface area contributed by atoms with Crippen molar-refractivity contribution in [1.29, 1.82) is 0 Å². The average Bonchev–Trinajstić information content (AvgIpc) is 3.32. The molecule has 5 nitrogen and oxygen atoms in total. The SMILES string of the molecule is CCOC(=O)c1c(-c2ccc(-c3ccccc3)cc2)csc1N1C(=O)CCC1=O. The second kappa shape index (κ2) is 8.01. The van der Waals surface area contributed by atoms with E-state index in [0.717, 1.165) is 21.6 Å². The van der Waals surface area contributed by atoms with Crippen molar-refractivity contribution in [1.82, 2.24) is 0 Å². The minimum absolute atomic E-state index is 0.167. The fourth-order valence-corrected chi connectivity index (χ4v) is 4.50. The largest absolute Gasteiger partial charge is 0.462 e. The molecule has 0 bridgehead atoms. The van der Waals surface area contributed by atoms with Gasteiger partial charge in [-0.15, -0.1) is 11.3 Å². The zero-order valence-corrected chi connectivity index (χ0v) is 16.7. The van der Waals surface area contributed by atoms with E-state index >= 15 is 0 Å². The number of hydrogen-bond acceptors (Lipinski definition) is 5. The third-order valence-electron chi connectivity index (χ3n) is 4.81. The highest BCUT2D eigenvalue weighted by molar-refractivity contribution is 7.15. The normalized spacial score (nSPS) is 13.8. The second-order valence-corrected chi connectivity index (χ2v) is 7.47. The van der Waals surface area contributed by atoms with E-state index in [-0.39, 0.29) is 36.8 Å². The van der Waals surface area contributed by atoms with Gasteiger partial charge in [0.25, 0.3) is 0 Å². The number of hydrogen-bond donors (Lipinski definition) is 0. The Bertz CT molecular complexity index is 1050. The smallest absolute Gasteiger partial charge is 0.341 e. The van der Waals surface area contributed by atoms with Gasteiger partial charge in [-0.25, -0.2) is 9.69 Å². The maximum atomic E-state index is 12.7. The lowest BCUT2D eigenvalue weighted by Crippen LogP contribution is -2.29. The van der Waals surface area contributed by atoms with Crippen LogP contribution in [0, 0.1) is 0 Å². The molecule has 0 unspecified atom stereocenters. The van der Waals surface area contributed by atoms with Crippen molar-refractivity contribution < 1.29 is 19.1 Å². The molecule has 2 heterocycles. The predicted octanol–water partition coefficient (Wildman–Crippen LogP) is 4.91. The van der Waals surface area contributed by atoms with Gasteiger partial charge in [-0.05, 0) is 23.6 Å². The molecule has 3 aromatic rings. The van der Waals surface area contributed by atoms with E-state index < -0.39 is 5.97 Å². The number of carbonyl (C=O) groups excluding carboxylic acids is 3. The number of ether oxygens (including phenoxy) is 1. The first-order chi connectivity index (χ1) is 14.1. The summed E-state index contributed by atoms with van der Waals surface area (Å²) in [4.78, 5) is 38.3. The van der Waals surface area contributed by atoms with Crippen LogP contribution in [0.4, 0.5) is 5.00 Å². The summed E-state index contributed by atoms with van der Waals surface area (Å²) in [5, 5.41) is 2.15. The van der Waals surface area contributed by atoms with Crippen molar-refractivity contribution in [2.75, 3.05) is 11.5 Å². The standard InChI is InChI=1S/C23H19NO4S/c1-2-28-23(27)21-18(14-29-22(21)24-19(25)12-13-20(24)26)17-10-8-16(9-11-17)15-6-4-3-5-7-15/h3-11,14H,2,12-13H2,1H3. The van der Waals surface area contributed by atoms with Crippen molar-refractivity contribution in [2.45, 2.75) is 19.8 Å². The van der Waals surface area contributed by atoms with E-state index in [1.165, 1.54) is 11.3 Å². The van der Waals surface area contributed by atoms with Crippen LogP contribution in [0.25, 0.3) is 22.3 Å². The van der Waals surface area contributed by atoms with Crippen LogP contribution < -0.4 is 4.90 Å². The van der Waals surface area contributed by atoms with E-state index in [4.69, 9.17) is 4.74 Å². The second-order valence-electron chi connectivity index (χ2n) is 6.62. The van der Waals surface area contributed by atoms with Gasteiger partial charge in [0, 0.05) is 23.8 Å². The fraction of sp³-hybridized carbons (Fsp3) is 0.174. The van der Waals surface area contributed by atoms with Crippen LogP contribution in [0.1, 0.15) is 30.1 Å². The molecule has 146 valence electrons. The monoisotopic (exact) mass is 405 g/mol. The number of amides is 2. The van der Waals surface area contributed by atoms with Crippen molar-refractivity contribution >= 4 is 34.1 Å². The fourth-order valence-electron chi connectivity index (χ4n) is 3.40. The number of imide groups is 1. The molecular weight excluding hydrogens is 386 g/mol. The Balaban J connectivity index is 1.76. The van der Waals surface area contributed by atoms with E-state index in [9.17, 15) is 14.4 Å². The summed E-state index contributed by atoms with van der Waals surface area (Å²) < 4.78 is 5.23. The summed E-state index contributed by atoms with van der Waals surface area (Å²) >= 11 is 1.21. The topological polar surface area (TPSA) is 63.7 Å². The van der Waals surface area contributed by atoms with Crippen LogP contribution in [0.2, 0.25) is 0 Å². The Hall–Kier alpha value is -3.25. The van der Waals surface area contributed by atoms with Gasteiger partial charge in [-0.1, -0.05) is 54.6 Å². The molecule has 1 aliphatic heterocycles. The molecule has 1 aromatic heterocycles. The minimum Gasteiger partial charge on any atom is -0.462 e. The Kier molecular flexibility index (Phi) is 5.27. The molecule has 0 radical (unpaired) electrons. The first kappa shape index (κ1) is 19.1. The van der Waals surface area contributed by atoms with Crippen molar-refractivity contribution in [3.63, 3.8) is 0 Å². The van der Waals surface area contributed by atoms with Gasteiger partial charge in [0.15, 0.2) is 0 Å². The quantitative estimate of drug-likeness (QED) is 0.447. The third-order valence-corrected chi connectivity index (χ3v) is 5.77. The minimum atomic E-state index is -0.529. The summed E-state index contributed by atoms with van der Waals surface area (Å²) in [6, 6.07) is 17.9. The number of thiophene rings is 1. The van der Waals surface area contributed by atoms with Crippen LogP contribution in [0.3, 0.4) is 0 Å². The lowest BCUT2D eigenvalue weighted by molar-refractivity contribution is -0.121. The van der Waals surface area contributed by atoms with Crippen molar-refractivity contribution in [3.05, 3.63) is 65.5 Å². The molecule has 4 rings (SSSR count). The summed E-state index contributed by atoms with van der Waals surface area (Å²) in [6.45, 7) is 1.94. The van der Waals surface area contributed by atoms with Gasteiger partial charge in [-0.3, -0.25) is 9.59 Å². The van der Waals surface area contributed by atoms with Gasteiger partial charge < -0.3 is 4.74 Å². The van der Waals surface area contributed by atoms with Gasteiger partial charge >= 0.3 is 5.97 Å². The molecule has 0 saturated carbocycles. The van der Waals surface area contributed by atoms with E-state index in [0.29, 0.717) is 10.6 Å². The van der Waals surface area contributed by atoms with Crippen LogP contribution >= 0.6 is 11.3 Å². The maximum absolute atomic E-state index is 12.7. The molecule has 1 saturated heterocycles. The highest BCUT2D eigenvalue weighted by atomic mass is 32.1. The predicted molar refractivity (Wildman–Crippen MR) is 113 cm³/mol. The molecule has 2 amide bonds. The lowest BCUT2D eigenvalue weighted by Gasteiger charge is -2.14. The number of esters is 1. The maximum Gasteiger partial charge on any atom is 0.341 e. The molecule has 0 N–H and O–H groups in total. The Morgan fingerprint density at radius 2 is 1.52 bits per heavy atom.